The van der Waals surface area contributed by atoms with Crippen molar-refractivity contribution in [1.29, 1.82) is 0 Å². The third-order valence-corrected chi connectivity index (χ3v) is 6.93. The molecular weight excluding hydrogens is 296 g/mol. The fourth-order valence-electron chi connectivity index (χ4n) is 3.27. The third-order valence-electron chi connectivity index (χ3n) is 4.23. The molecule has 2 aliphatic heterocycles. The lowest BCUT2D eigenvalue weighted by Crippen LogP contribution is -2.40. The molecule has 0 aliphatic carbocycles. The van der Waals surface area contributed by atoms with Gasteiger partial charge < -0.3 is 4.90 Å². The minimum absolute atomic E-state index is 0.126. The van der Waals surface area contributed by atoms with E-state index in [4.69, 9.17) is 0 Å². The molecule has 0 radical (unpaired) electrons. The molecule has 2 saturated heterocycles. The molecule has 0 unspecified atom stereocenters. The summed E-state index contributed by atoms with van der Waals surface area (Å²) in [6.07, 6.45) is 3.46. The summed E-state index contributed by atoms with van der Waals surface area (Å²) in [4.78, 5) is 2.23. The molecule has 0 amide bonds. The maximum absolute atomic E-state index is 12.4. The Hall–Kier alpha value is -0.730. The fraction of sp³-hybridized carbons (Fsp3) is 0.833. The lowest BCUT2D eigenvalue weighted by Gasteiger charge is -2.24. The number of fused-ring (bicyclic) bond motifs is 1. The zero-order valence-corrected chi connectivity index (χ0v) is 13.2. The Bertz CT molecular complexity index is 546. The molecular formula is C12H20N4O2S2. The molecule has 8 heteroatoms. The van der Waals surface area contributed by atoms with E-state index in [2.05, 4.69) is 15.1 Å². The van der Waals surface area contributed by atoms with Crippen molar-refractivity contribution < 1.29 is 8.42 Å². The van der Waals surface area contributed by atoms with Crippen LogP contribution in [-0.2, 0) is 10.0 Å². The van der Waals surface area contributed by atoms with Crippen LogP contribution in [0.25, 0.3) is 0 Å². The molecule has 0 spiro atoms. The van der Waals surface area contributed by atoms with Crippen LogP contribution in [0, 0.1) is 0 Å². The Morgan fingerprint density at radius 2 is 2.15 bits per heavy atom. The highest BCUT2D eigenvalue weighted by atomic mass is 32.2. The molecule has 0 bridgehead atoms. The van der Waals surface area contributed by atoms with E-state index in [1.807, 2.05) is 6.92 Å². The number of rotatable bonds is 5. The first-order valence-corrected chi connectivity index (χ1v) is 9.64. The van der Waals surface area contributed by atoms with E-state index in [0.717, 1.165) is 37.4 Å². The SMILES string of the molecule is CCCCS(=O)(=O)N1CC[C@@H]2[C@@H]1CCN2c1nncs1. The van der Waals surface area contributed by atoms with E-state index in [1.54, 1.807) is 9.82 Å². The normalized spacial score (nSPS) is 27.1. The Kier molecular flexibility index (Phi) is 3.96. The molecule has 0 saturated carbocycles. The van der Waals surface area contributed by atoms with Crippen LogP contribution >= 0.6 is 11.3 Å². The second-order valence-electron chi connectivity index (χ2n) is 5.41. The van der Waals surface area contributed by atoms with Gasteiger partial charge in [0.2, 0.25) is 15.2 Å². The van der Waals surface area contributed by atoms with Gasteiger partial charge in [-0.2, -0.15) is 4.31 Å². The van der Waals surface area contributed by atoms with Crippen molar-refractivity contribution in [3.8, 4) is 0 Å². The van der Waals surface area contributed by atoms with Gasteiger partial charge in [0.1, 0.15) is 5.51 Å². The predicted octanol–water partition coefficient (Wildman–Crippen LogP) is 1.32. The molecule has 2 fully saturated rings. The number of hydrogen-bond acceptors (Lipinski definition) is 6. The highest BCUT2D eigenvalue weighted by molar-refractivity contribution is 7.89. The average Bonchev–Trinajstić information content (AvgIpc) is 3.11. The van der Waals surface area contributed by atoms with Gasteiger partial charge in [-0.05, 0) is 19.3 Å². The fourth-order valence-corrected chi connectivity index (χ4v) is 5.84. The quantitative estimate of drug-likeness (QED) is 0.819. The smallest absolute Gasteiger partial charge is 0.214 e. The maximum atomic E-state index is 12.4. The highest BCUT2D eigenvalue weighted by Gasteiger charge is 2.47. The Balaban J connectivity index is 1.74. The molecule has 0 aromatic carbocycles. The zero-order valence-electron chi connectivity index (χ0n) is 11.6. The van der Waals surface area contributed by atoms with Gasteiger partial charge in [0.25, 0.3) is 0 Å². The van der Waals surface area contributed by atoms with Crippen LogP contribution in [-0.4, -0.2) is 53.8 Å². The third kappa shape index (κ3) is 2.44. The Labute approximate surface area is 123 Å². The summed E-state index contributed by atoms with van der Waals surface area (Å²) in [6.45, 7) is 3.55. The van der Waals surface area contributed by atoms with Crippen molar-refractivity contribution >= 4 is 26.5 Å². The lowest BCUT2D eigenvalue weighted by molar-refractivity contribution is 0.387. The van der Waals surface area contributed by atoms with Gasteiger partial charge in [0.05, 0.1) is 5.75 Å². The summed E-state index contributed by atoms with van der Waals surface area (Å²) in [7, 11) is -3.09. The zero-order chi connectivity index (χ0) is 14.2. The minimum atomic E-state index is -3.09. The largest absolute Gasteiger partial charge is 0.342 e. The van der Waals surface area contributed by atoms with Gasteiger partial charge in [-0.3, -0.25) is 0 Å². The predicted molar refractivity (Wildman–Crippen MR) is 79.5 cm³/mol. The highest BCUT2D eigenvalue weighted by Crippen LogP contribution is 2.37. The van der Waals surface area contributed by atoms with Crippen LogP contribution in [0.2, 0.25) is 0 Å². The monoisotopic (exact) mass is 316 g/mol. The van der Waals surface area contributed by atoms with Gasteiger partial charge in [0, 0.05) is 25.2 Å². The van der Waals surface area contributed by atoms with Gasteiger partial charge in [-0.15, -0.1) is 10.2 Å². The van der Waals surface area contributed by atoms with Crippen molar-refractivity contribution in [3.63, 3.8) is 0 Å². The van der Waals surface area contributed by atoms with Gasteiger partial charge in [-0.25, -0.2) is 8.42 Å². The molecule has 2 aliphatic rings. The van der Waals surface area contributed by atoms with E-state index in [-0.39, 0.29) is 17.8 Å². The molecule has 0 N–H and O–H groups in total. The first-order chi connectivity index (χ1) is 9.63. The summed E-state index contributed by atoms with van der Waals surface area (Å²) in [5.41, 5.74) is 1.73. The molecule has 112 valence electrons. The number of nitrogens with zero attached hydrogens (tertiary/aromatic N) is 4. The van der Waals surface area contributed by atoms with Crippen molar-refractivity contribution in [2.75, 3.05) is 23.7 Å². The number of aromatic nitrogens is 2. The number of unbranched alkanes of at least 4 members (excludes halogenated alkanes) is 1. The van der Waals surface area contributed by atoms with E-state index in [1.165, 1.54) is 11.3 Å². The molecule has 3 rings (SSSR count). The maximum Gasteiger partial charge on any atom is 0.214 e. The summed E-state index contributed by atoms with van der Waals surface area (Å²) in [5.74, 6) is 0.283. The lowest BCUT2D eigenvalue weighted by atomic mass is 10.1. The molecule has 6 nitrogen and oxygen atoms in total. The van der Waals surface area contributed by atoms with Crippen LogP contribution in [0.1, 0.15) is 32.6 Å². The summed E-state index contributed by atoms with van der Waals surface area (Å²) in [5, 5.41) is 8.93. The number of sulfonamides is 1. The van der Waals surface area contributed by atoms with E-state index >= 15 is 0 Å². The van der Waals surface area contributed by atoms with Crippen molar-refractivity contribution in [3.05, 3.63) is 5.51 Å². The summed E-state index contributed by atoms with van der Waals surface area (Å²) in [6, 6.07) is 0.403. The summed E-state index contributed by atoms with van der Waals surface area (Å²) < 4.78 is 26.6. The first-order valence-electron chi connectivity index (χ1n) is 7.16. The Morgan fingerprint density at radius 1 is 1.35 bits per heavy atom. The topological polar surface area (TPSA) is 66.4 Å². The van der Waals surface area contributed by atoms with Crippen LogP contribution in [0.5, 0.6) is 0 Å². The van der Waals surface area contributed by atoms with Crippen LogP contribution in [0.3, 0.4) is 0 Å². The first kappa shape index (κ1) is 14.2. The van der Waals surface area contributed by atoms with Gasteiger partial charge >= 0.3 is 0 Å². The second-order valence-corrected chi connectivity index (χ2v) is 8.26. The van der Waals surface area contributed by atoms with Gasteiger partial charge in [-0.1, -0.05) is 24.7 Å². The summed E-state index contributed by atoms with van der Waals surface area (Å²) >= 11 is 1.53. The minimum Gasteiger partial charge on any atom is -0.342 e. The molecule has 2 atom stereocenters. The van der Waals surface area contributed by atoms with E-state index in [0.29, 0.717) is 6.54 Å². The molecule has 3 heterocycles. The van der Waals surface area contributed by atoms with Gasteiger partial charge in [0.15, 0.2) is 0 Å². The van der Waals surface area contributed by atoms with Crippen molar-refractivity contribution in [1.82, 2.24) is 14.5 Å². The van der Waals surface area contributed by atoms with Crippen LogP contribution in [0.4, 0.5) is 5.13 Å². The molecule has 1 aromatic rings. The Morgan fingerprint density at radius 3 is 2.85 bits per heavy atom. The second kappa shape index (κ2) is 5.57. The standard InChI is InChI=1S/C12H20N4O2S2/c1-2-3-8-20(17,18)16-7-5-10-11(16)4-6-15(10)12-14-13-9-19-12/h9-11H,2-8H2,1H3/t10-,11+/m1/s1. The van der Waals surface area contributed by atoms with Crippen molar-refractivity contribution in [2.24, 2.45) is 0 Å². The van der Waals surface area contributed by atoms with E-state index in [9.17, 15) is 8.42 Å². The number of hydrogen-bond donors (Lipinski definition) is 0. The van der Waals surface area contributed by atoms with Crippen LogP contribution < -0.4 is 4.90 Å². The average molecular weight is 316 g/mol. The molecule has 20 heavy (non-hydrogen) atoms. The van der Waals surface area contributed by atoms with E-state index < -0.39 is 10.0 Å². The molecule has 1 aromatic heterocycles. The number of anilines is 1. The van der Waals surface area contributed by atoms with Crippen molar-refractivity contribution in [2.45, 2.75) is 44.7 Å². The van der Waals surface area contributed by atoms with Crippen LogP contribution in [0.15, 0.2) is 5.51 Å².